The van der Waals surface area contributed by atoms with Crippen LogP contribution in [0.25, 0.3) is 0 Å². The molecule has 0 atom stereocenters. The van der Waals surface area contributed by atoms with E-state index in [4.69, 9.17) is 4.74 Å². The number of ether oxygens (including phenoxy) is 1. The van der Waals surface area contributed by atoms with Crippen molar-refractivity contribution in [3.05, 3.63) is 22.8 Å². The van der Waals surface area contributed by atoms with Crippen LogP contribution < -0.4 is 8.92 Å². The second kappa shape index (κ2) is 6.01. The van der Waals surface area contributed by atoms with Crippen molar-refractivity contribution in [3.8, 4) is 11.5 Å². The summed E-state index contributed by atoms with van der Waals surface area (Å²) in [6, 6.07) is 0.834. The number of rotatable bonds is 4. The molecule has 0 aliphatic carbocycles. The molecule has 6 nitrogen and oxygen atoms in total. The largest absolute Gasteiger partial charge is 0.534 e. The van der Waals surface area contributed by atoms with E-state index >= 15 is 0 Å². The highest BCUT2D eigenvalue weighted by Crippen LogP contribution is 2.41. The summed E-state index contributed by atoms with van der Waals surface area (Å²) in [5, 5.41) is 0. The maximum absolute atomic E-state index is 12.6. The predicted octanol–water partition coefficient (Wildman–Crippen LogP) is 3.03. The number of hydrogen-bond acceptors (Lipinski definition) is 6. The first-order valence-electron chi connectivity index (χ1n) is 7.21. The smallest absolute Gasteiger partial charge is 0.486 e. The van der Waals surface area contributed by atoms with Crippen LogP contribution in [0.1, 0.15) is 53.5 Å². The van der Waals surface area contributed by atoms with Gasteiger partial charge in [0.15, 0.2) is 17.8 Å². The Bertz CT molecular complexity index is 840. The molecule has 1 aliphatic rings. The van der Waals surface area contributed by atoms with Crippen LogP contribution in [0.15, 0.2) is 6.07 Å². The fourth-order valence-electron chi connectivity index (χ4n) is 2.63. The molecule has 0 fully saturated rings. The average molecular weight is 380 g/mol. The van der Waals surface area contributed by atoms with E-state index in [0.29, 0.717) is 0 Å². The van der Waals surface area contributed by atoms with E-state index in [1.165, 1.54) is 0 Å². The molecule has 0 spiro atoms. The molecule has 0 amide bonds. The first-order valence-corrected chi connectivity index (χ1v) is 8.62. The summed E-state index contributed by atoms with van der Waals surface area (Å²) < 4.78 is 70.0. The Balaban J connectivity index is 2.71. The number of Topliss-reactive ketones (excluding diaryl/α,β-unsaturated/α-hetero) is 1. The number of fused-ring (bicyclic) bond motifs is 1. The normalized spacial score (nSPS) is 16.8. The molecule has 1 aliphatic heterocycles. The van der Waals surface area contributed by atoms with Gasteiger partial charge in [0, 0.05) is 6.07 Å². The quantitative estimate of drug-likeness (QED) is 0.453. The van der Waals surface area contributed by atoms with Gasteiger partial charge in [0.2, 0.25) is 0 Å². The van der Waals surface area contributed by atoms with Gasteiger partial charge >= 0.3 is 15.6 Å². The Morgan fingerprint density at radius 1 is 1.36 bits per heavy atom. The van der Waals surface area contributed by atoms with Crippen LogP contribution in [-0.2, 0) is 16.5 Å². The van der Waals surface area contributed by atoms with E-state index < -0.39 is 32.5 Å². The molecular formula is C15H15F3O6S. The van der Waals surface area contributed by atoms with E-state index in [9.17, 15) is 31.2 Å². The van der Waals surface area contributed by atoms with Crippen molar-refractivity contribution in [1.82, 2.24) is 0 Å². The van der Waals surface area contributed by atoms with Crippen molar-refractivity contribution in [2.75, 3.05) is 0 Å². The summed E-state index contributed by atoms with van der Waals surface area (Å²) in [7, 11) is -5.98. The van der Waals surface area contributed by atoms with Gasteiger partial charge in [0.25, 0.3) is 0 Å². The lowest BCUT2D eigenvalue weighted by molar-refractivity contribution is -0.0500. The Morgan fingerprint density at radius 2 is 1.96 bits per heavy atom. The number of ketones is 1. The number of carbonyl (C=O) groups excluding carboxylic acids is 2. The molecule has 0 saturated carbocycles. The second-order valence-corrected chi connectivity index (χ2v) is 7.59. The molecule has 138 valence electrons. The Hall–Kier alpha value is -2.10. The molecule has 2 rings (SSSR count). The lowest BCUT2D eigenvalue weighted by atomic mass is 9.87. The molecule has 10 heteroatoms. The minimum absolute atomic E-state index is 0.00630. The van der Waals surface area contributed by atoms with Gasteiger partial charge in [0.05, 0.1) is 17.5 Å². The van der Waals surface area contributed by atoms with E-state index in [-0.39, 0.29) is 41.8 Å². The third kappa shape index (κ3) is 3.48. The van der Waals surface area contributed by atoms with Gasteiger partial charge in [-0.3, -0.25) is 9.59 Å². The summed E-state index contributed by atoms with van der Waals surface area (Å²) in [5.41, 5.74) is -6.88. The predicted molar refractivity (Wildman–Crippen MR) is 80.5 cm³/mol. The van der Waals surface area contributed by atoms with Crippen LogP contribution >= 0.6 is 0 Å². The monoisotopic (exact) mass is 380 g/mol. The standard InChI is InChI=1S/C15H15F3O6S/c1-4-8-9(7-19)11(24-25(21,22)15(16,17)18)5-12-13(8)10(20)6-14(2,3)23-12/h5,7H,4,6H2,1-3H3. The van der Waals surface area contributed by atoms with Crippen molar-refractivity contribution < 1.29 is 40.1 Å². The van der Waals surface area contributed by atoms with Gasteiger partial charge in [-0.2, -0.15) is 21.6 Å². The van der Waals surface area contributed by atoms with Gasteiger partial charge in [-0.25, -0.2) is 0 Å². The molecule has 1 aromatic rings. The molecule has 0 N–H and O–H groups in total. The molecule has 0 aromatic heterocycles. The zero-order valence-corrected chi connectivity index (χ0v) is 14.4. The van der Waals surface area contributed by atoms with E-state index in [2.05, 4.69) is 4.18 Å². The fraction of sp³-hybridized carbons (Fsp3) is 0.467. The van der Waals surface area contributed by atoms with Gasteiger partial charge in [0.1, 0.15) is 11.4 Å². The Labute approximate surface area is 142 Å². The SMILES string of the molecule is CCc1c(C=O)c(OS(=O)(=O)C(F)(F)F)cc2c1C(=O)CC(C)(C)O2. The number of carbonyl (C=O) groups is 2. The van der Waals surface area contributed by atoms with Crippen LogP contribution in [0, 0.1) is 0 Å². The molecular weight excluding hydrogens is 365 g/mol. The molecule has 25 heavy (non-hydrogen) atoms. The minimum Gasteiger partial charge on any atom is -0.486 e. The number of alkyl halides is 3. The topological polar surface area (TPSA) is 86.7 Å². The first kappa shape index (κ1) is 19.2. The number of halogens is 3. The zero-order chi connectivity index (χ0) is 19.2. The molecule has 0 saturated heterocycles. The summed E-state index contributed by atoms with van der Waals surface area (Å²) in [6.07, 6.45) is 0.259. The van der Waals surface area contributed by atoms with Crippen LogP contribution in [0.5, 0.6) is 11.5 Å². The number of benzene rings is 1. The summed E-state index contributed by atoms with van der Waals surface area (Å²) in [4.78, 5) is 23.7. The lowest BCUT2D eigenvalue weighted by Gasteiger charge is -2.33. The van der Waals surface area contributed by atoms with Gasteiger partial charge in [-0.05, 0) is 25.8 Å². The Kier molecular flexibility index (Phi) is 4.62. The number of aldehydes is 1. The summed E-state index contributed by atoms with van der Waals surface area (Å²) >= 11 is 0. The molecule has 1 aromatic carbocycles. The van der Waals surface area contributed by atoms with E-state index in [0.717, 1.165) is 6.07 Å². The van der Waals surface area contributed by atoms with E-state index in [1.54, 1.807) is 20.8 Å². The maximum Gasteiger partial charge on any atom is 0.534 e. The minimum atomic E-state index is -5.98. The molecule has 0 bridgehead atoms. The average Bonchev–Trinajstić information content (AvgIpc) is 2.42. The van der Waals surface area contributed by atoms with Crippen LogP contribution in [0.4, 0.5) is 13.2 Å². The lowest BCUT2D eigenvalue weighted by Crippen LogP contribution is -2.37. The zero-order valence-electron chi connectivity index (χ0n) is 13.6. The molecule has 1 heterocycles. The molecule has 0 radical (unpaired) electrons. The fourth-order valence-corrected chi connectivity index (χ4v) is 3.10. The van der Waals surface area contributed by atoms with Gasteiger partial charge < -0.3 is 8.92 Å². The van der Waals surface area contributed by atoms with Crippen LogP contribution in [0.3, 0.4) is 0 Å². The highest BCUT2D eigenvalue weighted by atomic mass is 32.2. The highest BCUT2D eigenvalue weighted by Gasteiger charge is 2.49. The van der Waals surface area contributed by atoms with Crippen LogP contribution in [0.2, 0.25) is 0 Å². The third-order valence-electron chi connectivity index (χ3n) is 3.61. The van der Waals surface area contributed by atoms with Crippen molar-refractivity contribution >= 4 is 22.2 Å². The van der Waals surface area contributed by atoms with Gasteiger partial charge in [-0.1, -0.05) is 6.92 Å². The first-order chi connectivity index (χ1) is 11.3. The van der Waals surface area contributed by atoms with Crippen molar-refractivity contribution in [2.45, 2.75) is 44.7 Å². The van der Waals surface area contributed by atoms with Gasteiger partial charge in [-0.15, -0.1) is 0 Å². The molecule has 0 unspecified atom stereocenters. The highest BCUT2D eigenvalue weighted by molar-refractivity contribution is 7.88. The summed E-state index contributed by atoms with van der Waals surface area (Å²) in [5.74, 6) is -1.29. The summed E-state index contributed by atoms with van der Waals surface area (Å²) in [6.45, 7) is 4.76. The van der Waals surface area contributed by atoms with Crippen molar-refractivity contribution in [3.63, 3.8) is 0 Å². The second-order valence-electron chi connectivity index (χ2n) is 6.06. The maximum atomic E-state index is 12.6. The Morgan fingerprint density at radius 3 is 2.44 bits per heavy atom. The van der Waals surface area contributed by atoms with E-state index in [1.807, 2.05) is 0 Å². The number of hydrogen-bond donors (Lipinski definition) is 0. The van der Waals surface area contributed by atoms with Crippen LogP contribution in [-0.4, -0.2) is 31.6 Å². The third-order valence-corrected chi connectivity index (χ3v) is 4.57. The van der Waals surface area contributed by atoms with Crippen molar-refractivity contribution in [2.24, 2.45) is 0 Å². The van der Waals surface area contributed by atoms with Crippen molar-refractivity contribution in [1.29, 1.82) is 0 Å².